The molecule has 2 amide bonds. The molecule has 0 bridgehead atoms. The summed E-state index contributed by atoms with van der Waals surface area (Å²) in [5, 5.41) is 13.1. The van der Waals surface area contributed by atoms with E-state index in [1.54, 1.807) is 43.3 Å². The van der Waals surface area contributed by atoms with Crippen molar-refractivity contribution in [1.29, 1.82) is 0 Å². The van der Waals surface area contributed by atoms with Crippen LogP contribution in [0.5, 0.6) is 0 Å². The van der Waals surface area contributed by atoms with Gasteiger partial charge in [-0.1, -0.05) is 18.2 Å². The number of aliphatic hydroxyl groups is 1. The Bertz CT molecular complexity index is 725. The number of carbonyl (C=O) groups excluding carboxylic acids is 2. The Balaban J connectivity index is 1.69. The fourth-order valence-corrected chi connectivity index (χ4v) is 2.66. The number of amides is 2. The quantitative estimate of drug-likeness (QED) is 0.835. The lowest BCUT2D eigenvalue weighted by atomic mass is 10.0. The maximum Gasteiger partial charge on any atom is 0.268 e. The molecule has 1 aromatic carbocycles. The van der Waals surface area contributed by atoms with Crippen LogP contribution in [-0.4, -0.2) is 29.1 Å². The van der Waals surface area contributed by atoms with Gasteiger partial charge in [-0.15, -0.1) is 0 Å². The minimum atomic E-state index is -2.03. The number of furan rings is 1. The van der Waals surface area contributed by atoms with Crippen LogP contribution in [0.15, 0.2) is 46.9 Å². The molecule has 6 heteroatoms. The highest BCUT2D eigenvalue weighted by molar-refractivity contribution is 6.16. The molecule has 0 radical (unpaired) electrons. The lowest BCUT2D eigenvalue weighted by Gasteiger charge is -2.21. The van der Waals surface area contributed by atoms with Crippen molar-refractivity contribution in [3.05, 3.63) is 54.0 Å². The van der Waals surface area contributed by atoms with Crippen molar-refractivity contribution in [2.75, 3.05) is 11.4 Å². The molecule has 0 saturated carbocycles. The molecule has 6 nitrogen and oxygen atoms in total. The van der Waals surface area contributed by atoms with E-state index in [-0.39, 0.29) is 13.0 Å². The van der Waals surface area contributed by atoms with Gasteiger partial charge in [-0.25, -0.2) is 0 Å². The van der Waals surface area contributed by atoms with Crippen molar-refractivity contribution in [2.24, 2.45) is 0 Å². The van der Waals surface area contributed by atoms with Gasteiger partial charge in [0.1, 0.15) is 11.5 Å². The standard InChI is InChI=1S/C17H18N2O4/c1-12-7-8-14(23-12)11-18-15(20)17(22)9-10-19(16(17)21)13-5-3-2-4-6-13/h2-8,22H,9-11H2,1H3,(H,18,20)/t17-/m0/s1. The molecule has 0 aliphatic carbocycles. The zero-order chi connectivity index (χ0) is 16.4. The first kappa shape index (κ1) is 15.3. The van der Waals surface area contributed by atoms with Crippen LogP contribution in [0.1, 0.15) is 17.9 Å². The second-order valence-corrected chi connectivity index (χ2v) is 5.60. The third-order valence-electron chi connectivity index (χ3n) is 3.96. The first-order valence-electron chi connectivity index (χ1n) is 7.44. The number of aryl methyl sites for hydroxylation is 1. The van der Waals surface area contributed by atoms with E-state index in [1.165, 1.54) is 4.90 Å². The zero-order valence-electron chi connectivity index (χ0n) is 12.8. The van der Waals surface area contributed by atoms with Crippen molar-refractivity contribution in [3.63, 3.8) is 0 Å². The second-order valence-electron chi connectivity index (χ2n) is 5.60. The molecule has 2 N–H and O–H groups in total. The minimum Gasteiger partial charge on any atom is -0.465 e. The number of rotatable bonds is 4. The minimum absolute atomic E-state index is 0.0593. The van der Waals surface area contributed by atoms with Crippen LogP contribution in [0.2, 0.25) is 0 Å². The number of nitrogens with one attached hydrogen (secondary N) is 1. The molecule has 1 aliphatic rings. The summed E-state index contributed by atoms with van der Waals surface area (Å²) in [4.78, 5) is 26.2. The third kappa shape index (κ3) is 2.85. The molecular weight excluding hydrogens is 296 g/mol. The Labute approximate surface area is 133 Å². The first-order valence-corrected chi connectivity index (χ1v) is 7.44. The maximum absolute atomic E-state index is 12.5. The number of hydrogen-bond acceptors (Lipinski definition) is 4. The molecule has 0 unspecified atom stereocenters. The lowest BCUT2D eigenvalue weighted by molar-refractivity contribution is -0.149. The highest BCUT2D eigenvalue weighted by Gasteiger charge is 2.51. The topological polar surface area (TPSA) is 82.8 Å². The summed E-state index contributed by atoms with van der Waals surface area (Å²) in [6.45, 7) is 2.23. The maximum atomic E-state index is 12.5. The van der Waals surface area contributed by atoms with Crippen molar-refractivity contribution >= 4 is 17.5 Å². The molecule has 2 aromatic rings. The van der Waals surface area contributed by atoms with E-state index in [1.807, 2.05) is 6.07 Å². The van der Waals surface area contributed by atoms with Crippen LogP contribution in [0.3, 0.4) is 0 Å². The average Bonchev–Trinajstić information content (AvgIpc) is 3.11. The van der Waals surface area contributed by atoms with E-state index in [0.717, 1.165) is 5.76 Å². The van der Waals surface area contributed by atoms with Crippen LogP contribution in [0.25, 0.3) is 0 Å². The van der Waals surface area contributed by atoms with Crippen LogP contribution >= 0.6 is 0 Å². The fourth-order valence-electron chi connectivity index (χ4n) is 2.66. The largest absolute Gasteiger partial charge is 0.465 e. The van der Waals surface area contributed by atoms with Gasteiger partial charge in [0, 0.05) is 18.7 Å². The predicted octanol–water partition coefficient (Wildman–Crippen LogP) is 1.37. The highest BCUT2D eigenvalue weighted by Crippen LogP contribution is 2.28. The van der Waals surface area contributed by atoms with Gasteiger partial charge >= 0.3 is 0 Å². The number of hydrogen-bond donors (Lipinski definition) is 2. The Morgan fingerprint density at radius 1 is 1.30 bits per heavy atom. The molecule has 2 heterocycles. The number of nitrogens with zero attached hydrogens (tertiary/aromatic N) is 1. The van der Waals surface area contributed by atoms with Crippen LogP contribution in [-0.2, 0) is 16.1 Å². The molecule has 120 valence electrons. The summed E-state index contributed by atoms with van der Waals surface area (Å²) in [6.07, 6.45) is 0.0593. The summed E-state index contributed by atoms with van der Waals surface area (Å²) in [7, 11) is 0. The van der Waals surface area contributed by atoms with Crippen LogP contribution < -0.4 is 10.2 Å². The van der Waals surface area contributed by atoms with Crippen molar-refractivity contribution < 1.29 is 19.1 Å². The van der Waals surface area contributed by atoms with Crippen molar-refractivity contribution in [1.82, 2.24) is 5.32 Å². The number of anilines is 1. The molecule has 1 atom stereocenters. The van der Waals surface area contributed by atoms with Gasteiger partial charge in [0.2, 0.25) is 5.60 Å². The van der Waals surface area contributed by atoms with Gasteiger partial charge in [-0.3, -0.25) is 9.59 Å². The smallest absolute Gasteiger partial charge is 0.268 e. The summed E-state index contributed by atoms with van der Waals surface area (Å²) >= 11 is 0. The molecule has 3 rings (SSSR count). The Hall–Kier alpha value is -2.60. The molecule has 1 saturated heterocycles. The normalized spacial score (nSPS) is 20.8. The fraction of sp³-hybridized carbons (Fsp3) is 0.294. The van der Waals surface area contributed by atoms with Crippen molar-refractivity contribution in [3.8, 4) is 0 Å². The summed E-state index contributed by atoms with van der Waals surface area (Å²) < 4.78 is 5.36. The second kappa shape index (κ2) is 5.89. The van der Waals surface area contributed by atoms with E-state index in [9.17, 15) is 14.7 Å². The number of carbonyl (C=O) groups is 2. The first-order chi connectivity index (χ1) is 11.0. The number of benzene rings is 1. The zero-order valence-corrected chi connectivity index (χ0v) is 12.8. The van der Waals surface area contributed by atoms with Gasteiger partial charge in [0.25, 0.3) is 11.8 Å². The van der Waals surface area contributed by atoms with E-state index in [2.05, 4.69) is 5.32 Å². The van der Waals surface area contributed by atoms with E-state index < -0.39 is 17.4 Å². The van der Waals surface area contributed by atoms with Gasteiger partial charge < -0.3 is 19.7 Å². The van der Waals surface area contributed by atoms with Gasteiger partial charge in [-0.2, -0.15) is 0 Å². The Morgan fingerprint density at radius 2 is 2.04 bits per heavy atom. The third-order valence-corrected chi connectivity index (χ3v) is 3.96. The van der Waals surface area contributed by atoms with Gasteiger partial charge in [0.05, 0.1) is 6.54 Å². The van der Waals surface area contributed by atoms with Crippen LogP contribution in [0, 0.1) is 6.92 Å². The average molecular weight is 314 g/mol. The van der Waals surface area contributed by atoms with Crippen LogP contribution in [0.4, 0.5) is 5.69 Å². The Morgan fingerprint density at radius 3 is 2.70 bits per heavy atom. The summed E-state index contributed by atoms with van der Waals surface area (Å²) in [5.74, 6) is 0.0109. The van der Waals surface area contributed by atoms with E-state index in [0.29, 0.717) is 18.0 Å². The molecular formula is C17H18N2O4. The summed E-state index contributed by atoms with van der Waals surface area (Å²) in [6, 6.07) is 12.5. The molecule has 23 heavy (non-hydrogen) atoms. The highest BCUT2D eigenvalue weighted by atomic mass is 16.3. The van der Waals surface area contributed by atoms with Crippen molar-refractivity contribution in [2.45, 2.75) is 25.5 Å². The predicted molar refractivity (Wildman–Crippen MR) is 83.7 cm³/mol. The molecule has 1 aromatic heterocycles. The van der Waals surface area contributed by atoms with Gasteiger partial charge in [-0.05, 0) is 31.2 Å². The number of para-hydroxylation sites is 1. The SMILES string of the molecule is Cc1ccc(CNC(=O)[C@@]2(O)CCN(c3ccccc3)C2=O)o1. The molecule has 0 spiro atoms. The monoisotopic (exact) mass is 314 g/mol. The lowest BCUT2D eigenvalue weighted by Crippen LogP contribution is -2.52. The summed E-state index contributed by atoms with van der Waals surface area (Å²) in [5.41, 5.74) is -1.36. The van der Waals surface area contributed by atoms with E-state index >= 15 is 0 Å². The Kier molecular flexibility index (Phi) is 3.92. The molecule has 1 aliphatic heterocycles. The van der Waals surface area contributed by atoms with E-state index in [4.69, 9.17) is 4.42 Å². The van der Waals surface area contributed by atoms with Gasteiger partial charge in [0.15, 0.2) is 0 Å². The molecule has 1 fully saturated rings.